The summed E-state index contributed by atoms with van der Waals surface area (Å²) in [5, 5.41) is 11.6. The van der Waals surface area contributed by atoms with Crippen LogP contribution in [0, 0.1) is 11.3 Å². The molecule has 0 bridgehead atoms. The van der Waals surface area contributed by atoms with Gasteiger partial charge in [0.15, 0.2) is 17.6 Å². The number of rotatable bonds is 14. The summed E-state index contributed by atoms with van der Waals surface area (Å²) in [5.74, 6) is -2.43. The summed E-state index contributed by atoms with van der Waals surface area (Å²) in [6.45, 7) is 12.6. The maximum atomic E-state index is 12.1. The van der Waals surface area contributed by atoms with Gasteiger partial charge < -0.3 is 28.8 Å². The molecule has 0 aromatic heterocycles. The first-order valence-corrected chi connectivity index (χ1v) is 14.0. The number of ether oxygens (including phenoxy) is 4. The first-order chi connectivity index (χ1) is 17.8. The maximum absolute atomic E-state index is 12.1. The van der Waals surface area contributed by atoms with Gasteiger partial charge in [0.2, 0.25) is 5.91 Å². The van der Waals surface area contributed by atoms with E-state index in [1.165, 1.54) is 27.7 Å². The highest BCUT2D eigenvalue weighted by Crippen LogP contribution is 2.51. The fourth-order valence-electron chi connectivity index (χ4n) is 3.72. The second-order valence-corrected chi connectivity index (χ2v) is 11.4. The molecular formula is C23H38N3O10PS. The number of amides is 1. The van der Waals surface area contributed by atoms with E-state index in [2.05, 4.69) is 5.32 Å². The molecule has 15 heteroatoms. The van der Waals surface area contributed by atoms with Crippen molar-refractivity contribution in [3.05, 3.63) is 0 Å². The van der Waals surface area contributed by atoms with Crippen molar-refractivity contribution in [3.63, 3.8) is 0 Å². The van der Waals surface area contributed by atoms with Gasteiger partial charge in [-0.2, -0.15) is 5.26 Å². The molecule has 0 aromatic rings. The summed E-state index contributed by atoms with van der Waals surface area (Å²) in [6.07, 6.45) is -3.27. The van der Waals surface area contributed by atoms with Crippen molar-refractivity contribution in [2.75, 3.05) is 13.2 Å². The molecule has 1 aliphatic heterocycles. The van der Waals surface area contributed by atoms with Gasteiger partial charge in [0.05, 0.1) is 19.1 Å². The van der Waals surface area contributed by atoms with Crippen LogP contribution in [0.3, 0.4) is 0 Å². The lowest BCUT2D eigenvalue weighted by Gasteiger charge is -2.45. The van der Waals surface area contributed by atoms with Crippen LogP contribution in [0.25, 0.3) is 0 Å². The number of hydrogen-bond acceptors (Lipinski definition) is 13. The molecule has 0 spiro atoms. The normalized spacial score (nSPS) is 24.0. The maximum Gasteiger partial charge on any atom is 0.303 e. The monoisotopic (exact) mass is 579 g/mol. The molecule has 38 heavy (non-hydrogen) atoms. The van der Waals surface area contributed by atoms with Crippen molar-refractivity contribution in [2.24, 2.45) is 0 Å². The van der Waals surface area contributed by atoms with Gasteiger partial charge in [-0.3, -0.25) is 19.2 Å². The lowest BCUT2D eigenvalue weighted by molar-refractivity contribution is -0.212. The first kappa shape index (κ1) is 34.0. The molecule has 1 aliphatic rings. The second kappa shape index (κ2) is 16.8. The zero-order valence-corrected chi connectivity index (χ0v) is 24.7. The van der Waals surface area contributed by atoms with E-state index in [9.17, 15) is 19.2 Å². The molecule has 13 nitrogen and oxygen atoms in total. The number of nitrogens with zero attached hydrogens (tertiary/aromatic N) is 2. The topological polar surface area (TPSA) is 163 Å². The van der Waals surface area contributed by atoms with Gasteiger partial charge in [-0.05, 0) is 27.7 Å². The molecule has 0 saturated carbocycles. The summed E-state index contributed by atoms with van der Waals surface area (Å²) in [7, 11) is -1.69. The zero-order valence-electron chi connectivity index (χ0n) is 23.0. The van der Waals surface area contributed by atoms with Crippen molar-refractivity contribution in [3.8, 4) is 6.07 Å². The van der Waals surface area contributed by atoms with Crippen molar-refractivity contribution >= 4 is 44.4 Å². The highest BCUT2D eigenvalue weighted by molar-refractivity contribution is 7.98. The predicted molar refractivity (Wildman–Crippen MR) is 138 cm³/mol. The molecule has 0 aliphatic carbocycles. The van der Waals surface area contributed by atoms with E-state index in [1.807, 2.05) is 38.4 Å². The SMILES string of the molecule is CC(=O)NC1C(SOP(OCCC#N)N(C(C)C)C(C)C)OC(COC(C)=O)C(OC(C)=O)C1OC(C)=O. The lowest BCUT2D eigenvalue weighted by atomic mass is 9.97. The molecule has 6 atom stereocenters. The largest absolute Gasteiger partial charge is 0.463 e. The number of esters is 3. The summed E-state index contributed by atoms with van der Waals surface area (Å²) in [4.78, 5) is 47.5. The third kappa shape index (κ3) is 11.4. The minimum absolute atomic E-state index is 0.0288. The molecule has 1 saturated heterocycles. The van der Waals surface area contributed by atoms with Crippen LogP contribution in [0.2, 0.25) is 0 Å². The third-order valence-corrected chi connectivity index (χ3v) is 8.09. The van der Waals surface area contributed by atoms with Gasteiger partial charge in [0, 0.05) is 51.8 Å². The fraction of sp³-hybridized carbons (Fsp3) is 0.783. The Bertz CT molecular complexity index is 848. The number of carbonyl (C=O) groups excluding carboxylic acids is 4. The van der Waals surface area contributed by atoms with Crippen molar-refractivity contribution in [1.29, 1.82) is 5.26 Å². The van der Waals surface area contributed by atoms with Crippen LogP contribution in [0.1, 0.15) is 61.8 Å². The van der Waals surface area contributed by atoms with Gasteiger partial charge in [0.25, 0.3) is 8.53 Å². The van der Waals surface area contributed by atoms with Gasteiger partial charge in [-0.1, -0.05) is 0 Å². The van der Waals surface area contributed by atoms with Crippen molar-refractivity contribution < 1.29 is 46.6 Å². The van der Waals surface area contributed by atoms with Crippen LogP contribution >= 0.6 is 20.6 Å². The molecule has 216 valence electrons. The number of carbonyl (C=O) groups is 4. The molecular weight excluding hydrogens is 541 g/mol. The highest BCUT2D eigenvalue weighted by Gasteiger charge is 2.51. The molecule has 6 unspecified atom stereocenters. The first-order valence-electron chi connectivity index (χ1n) is 12.1. The Kier molecular flexibility index (Phi) is 15.1. The van der Waals surface area contributed by atoms with Gasteiger partial charge in [0.1, 0.15) is 18.8 Å². The van der Waals surface area contributed by atoms with Crippen LogP contribution < -0.4 is 5.32 Å². The van der Waals surface area contributed by atoms with Crippen molar-refractivity contribution in [1.82, 2.24) is 9.99 Å². The molecule has 0 aromatic carbocycles. The Hall–Kier alpha value is -2.01. The van der Waals surface area contributed by atoms with Crippen LogP contribution in [0.15, 0.2) is 0 Å². The van der Waals surface area contributed by atoms with E-state index >= 15 is 0 Å². The lowest BCUT2D eigenvalue weighted by Crippen LogP contribution is -2.65. The minimum atomic E-state index is -1.69. The van der Waals surface area contributed by atoms with E-state index in [0.717, 1.165) is 12.0 Å². The Labute approximate surface area is 229 Å². The van der Waals surface area contributed by atoms with Crippen molar-refractivity contribution in [2.45, 2.75) is 104 Å². The Balaban J connectivity index is 3.38. The fourth-order valence-corrected chi connectivity index (χ4v) is 6.50. The molecule has 1 N–H and O–H groups in total. The summed E-state index contributed by atoms with van der Waals surface area (Å²) < 4.78 is 36.1. The van der Waals surface area contributed by atoms with Crippen LogP contribution in [-0.4, -0.2) is 83.6 Å². The summed E-state index contributed by atoms with van der Waals surface area (Å²) >= 11 is 0.837. The Morgan fingerprint density at radius 1 is 1.00 bits per heavy atom. The molecule has 1 rings (SSSR count). The second-order valence-electron chi connectivity index (χ2n) is 8.94. The average molecular weight is 580 g/mol. The Morgan fingerprint density at radius 3 is 2.05 bits per heavy atom. The zero-order chi connectivity index (χ0) is 29.0. The van der Waals surface area contributed by atoms with Gasteiger partial charge >= 0.3 is 17.9 Å². The molecule has 0 radical (unpaired) electrons. The van der Waals surface area contributed by atoms with E-state index < -0.39 is 62.1 Å². The number of nitriles is 1. The standard InChI is InChI=1S/C23H38N3O10PS/c1-13(2)26(14(3)4)37(32-11-9-10-24)36-38-23-20(25-15(5)27)22(34-18(8)30)21(33-17(7)29)19(35-23)12-31-16(6)28/h13-14,19-23H,9,11-12H2,1-8H3,(H,25,27). The Morgan fingerprint density at radius 2 is 1.58 bits per heavy atom. The number of nitrogens with one attached hydrogen (secondary N) is 1. The molecule has 1 amide bonds. The highest BCUT2D eigenvalue weighted by atomic mass is 32.2. The van der Waals surface area contributed by atoms with E-state index in [1.54, 1.807) is 0 Å². The van der Waals surface area contributed by atoms with Crippen LogP contribution in [0.4, 0.5) is 0 Å². The van der Waals surface area contributed by atoms with E-state index in [4.69, 9.17) is 32.7 Å². The predicted octanol–water partition coefficient (Wildman–Crippen LogP) is 2.58. The van der Waals surface area contributed by atoms with Gasteiger partial charge in [-0.25, -0.2) is 8.64 Å². The number of hydrogen-bond donors (Lipinski definition) is 1. The quantitative estimate of drug-likeness (QED) is 0.105. The summed E-state index contributed by atoms with van der Waals surface area (Å²) in [5.41, 5.74) is -0.999. The minimum Gasteiger partial charge on any atom is -0.463 e. The van der Waals surface area contributed by atoms with Crippen LogP contribution in [-0.2, 0) is 46.6 Å². The van der Waals surface area contributed by atoms with Gasteiger partial charge in [-0.15, -0.1) is 0 Å². The average Bonchev–Trinajstić information content (AvgIpc) is 2.78. The molecule has 1 heterocycles. The summed E-state index contributed by atoms with van der Waals surface area (Å²) in [6, 6.07) is 1.07. The van der Waals surface area contributed by atoms with Crippen LogP contribution in [0.5, 0.6) is 0 Å². The smallest absolute Gasteiger partial charge is 0.303 e. The van der Waals surface area contributed by atoms with E-state index in [0.29, 0.717) is 0 Å². The third-order valence-electron chi connectivity index (χ3n) is 4.94. The van der Waals surface area contributed by atoms with E-state index in [-0.39, 0.29) is 31.7 Å². The molecule has 1 fully saturated rings.